The molecule has 1 heteroatoms. The van der Waals surface area contributed by atoms with Crippen LogP contribution in [-0.2, 0) is 5.41 Å². The average molecular weight is 840 g/mol. The lowest BCUT2D eigenvalue weighted by Gasteiger charge is -2.35. The van der Waals surface area contributed by atoms with Gasteiger partial charge in [0.1, 0.15) is 0 Å². The summed E-state index contributed by atoms with van der Waals surface area (Å²) in [6, 6.07) is 100. The van der Waals surface area contributed by atoms with Crippen LogP contribution in [0, 0.1) is 0 Å². The number of hydrogen-bond donors (Lipinski definition) is 0. The van der Waals surface area contributed by atoms with Gasteiger partial charge >= 0.3 is 0 Å². The molecule has 0 unspecified atom stereocenters. The molecule has 0 fully saturated rings. The van der Waals surface area contributed by atoms with E-state index in [4.69, 9.17) is 0 Å². The van der Waals surface area contributed by atoms with Crippen LogP contribution in [0.15, 0.2) is 273 Å². The third kappa shape index (κ3) is 6.64. The first-order valence-electron chi connectivity index (χ1n) is 22.8. The Hall–Kier alpha value is -8.52. The van der Waals surface area contributed by atoms with E-state index in [-0.39, 0.29) is 0 Å². The van der Waals surface area contributed by atoms with E-state index in [9.17, 15) is 0 Å². The Kier molecular flexibility index (Phi) is 9.81. The second-order valence-corrected chi connectivity index (χ2v) is 17.2. The lowest BCUT2D eigenvalue weighted by Crippen LogP contribution is -2.28. The number of rotatable bonds is 9. The Morgan fingerprint density at radius 1 is 0.258 bits per heavy atom. The quantitative estimate of drug-likeness (QED) is 0.140. The molecule has 11 aromatic carbocycles. The zero-order valence-corrected chi connectivity index (χ0v) is 36.4. The van der Waals surface area contributed by atoms with Gasteiger partial charge in [0.05, 0.1) is 11.1 Å². The van der Waals surface area contributed by atoms with Crippen molar-refractivity contribution < 1.29 is 0 Å². The summed E-state index contributed by atoms with van der Waals surface area (Å²) in [7, 11) is 0. The van der Waals surface area contributed by atoms with Gasteiger partial charge in [0.15, 0.2) is 0 Å². The number of hydrogen-bond acceptors (Lipinski definition) is 1. The molecule has 0 bridgehead atoms. The van der Waals surface area contributed by atoms with Gasteiger partial charge < -0.3 is 4.90 Å². The molecule has 0 spiro atoms. The van der Waals surface area contributed by atoms with Gasteiger partial charge in [-0.1, -0.05) is 231 Å². The maximum atomic E-state index is 2.48. The number of benzene rings is 11. The fourth-order valence-electron chi connectivity index (χ4n) is 10.5. The minimum absolute atomic E-state index is 0.617. The summed E-state index contributed by atoms with van der Waals surface area (Å²) in [6.07, 6.45) is 0. The molecule has 0 amide bonds. The van der Waals surface area contributed by atoms with E-state index in [2.05, 4.69) is 278 Å². The van der Waals surface area contributed by atoms with E-state index in [0.29, 0.717) is 0 Å². The van der Waals surface area contributed by atoms with E-state index in [1.165, 1.54) is 88.7 Å². The highest BCUT2D eigenvalue weighted by atomic mass is 15.1. The summed E-state index contributed by atoms with van der Waals surface area (Å²) >= 11 is 0. The smallest absolute Gasteiger partial charge is 0.0714 e. The Bertz CT molecular complexity index is 3460. The summed E-state index contributed by atoms with van der Waals surface area (Å²) in [4.78, 5) is 2.45. The van der Waals surface area contributed by atoms with Crippen LogP contribution in [0.3, 0.4) is 0 Å². The van der Waals surface area contributed by atoms with Gasteiger partial charge in [-0.25, -0.2) is 0 Å². The molecular weight excluding hydrogens is 795 g/mol. The SMILES string of the molecule is c1ccc(-c2ccc(N(c3ccc4c(c3)C(c3ccccc3)(c3ccccc3)c3cc(-c5cccc(-c6cccc7ccccc67)c5)ccc3-4)c3ccccc3-c3ccccc3)cc2)cc1. The first kappa shape index (κ1) is 39.1. The Morgan fingerprint density at radius 3 is 1.45 bits per heavy atom. The van der Waals surface area contributed by atoms with Gasteiger partial charge in [-0.15, -0.1) is 0 Å². The monoisotopic (exact) mass is 839 g/mol. The van der Waals surface area contributed by atoms with Crippen LogP contribution >= 0.6 is 0 Å². The maximum Gasteiger partial charge on any atom is 0.0714 e. The lowest BCUT2D eigenvalue weighted by atomic mass is 9.67. The molecule has 0 saturated carbocycles. The highest BCUT2D eigenvalue weighted by Gasteiger charge is 2.46. The zero-order chi connectivity index (χ0) is 43.9. The summed E-state index contributed by atoms with van der Waals surface area (Å²) in [6.45, 7) is 0. The van der Waals surface area contributed by atoms with Crippen LogP contribution < -0.4 is 4.90 Å². The Balaban J connectivity index is 1.07. The predicted octanol–water partition coefficient (Wildman–Crippen LogP) is 17.3. The standard InChI is InChI=1S/C65H45N/c1-5-19-46(20-6-1)47-35-38-55(39-36-47)66(64-34-16-15-32-59(64)49-21-7-2-8-22-49)56-40-42-61-60-41-37-51(50-25-17-26-52(43-50)58-33-18-24-48-23-13-14-31-57(48)58)44-62(60)65(63(61)45-56,53-27-9-3-10-28-53)54-29-11-4-12-30-54/h1-45H. The van der Waals surface area contributed by atoms with Crippen LogP contribution in [0.4, 0.5) is 17.1 Å². The molecule has 0 heterocycles. The van der Waals surface area contributed by atoms with Crippen molar-refractivity contribution in [1.82, 2.24) is 0 Å². The summed E-state index contributed by atoms with van der Waals surface area (Å²) < 4.78 is 0. The van der Waals surface area contributed by atoms with Crippen LogP contribution in [0.1, 0.15) is 22.3 Å². The highest BCUT2D eigenvalue weighted by Crippen LogP contribution is 2.58. The number of fused-ring (bicyclic) bond motifs is 4. The molecule has 66 heavy (non-hydrogen) atoms. The molecule has 11 aromatic rings. The van der Waals surface area contributed by atoms with Crippen molar-refractivity contribution in [1.29, 1.82) is 0 Å². The van der Waals surface area contributed by atoms with Crippen LogP contribution in [-0.4, -0.2) is 0 Å². The largest absolute Gasteiger partial charge is 0.310 e. The van der Waals surface area contributed by atoms with Crippen molar-refractivity contribution in [2.45, 2.75) is 5.41 Å². The zero-order valence-electron chi connectivity index (χ0n) is 36.4. The van der Waals surface area contributed by atoms with E-state index < -0.39 is 5.41 Å². The molecule has 1 nitrogen and oxygen atoms in total. The van der Waals surface area contributed by atoms with E-state index in [0.717, 1.165) is 17.1 Å². The fraction of sp³-hybridized carbons (Fsp3) is 0.0154. The minimum Gasteiger partial charge on any atom is -0.310 e. The second-order valence-electron chi connectivity index (χ2n) is 17.2. The first-order valence-corrected chi connectivity index (χ1v) is 22.8. The van der Waals surface area contributed by atoms with Crippen LogP contribution in [0.5, 0.6) is 0 Å². The molecule has 1 aliphatic rings. The molecule has 0 radical (unpaired) electrons. The molecule has 12 rings (SSSR count). The molecule has 0 aliphatic heterocycles. The molecule has 0 saturated heterocycles. The Morgan fingerprint density at radius 2 is 0.727 bits per heavy atom. The van der Waals surface area contributed by atoms with Gasteiger partial charge in [0.2, 0.25) is 0 Å². The fourth-order valence-corrected chi connectivity index (χ4v) is 10.5. The van der Waals surface area contributed by atoms with Crippen molar-refractivity contribution in [2.24, 2.45) is 0 Å². The summed E-state index contributed by atoms with van der Waals surface area (Å²) in [5.41, 5.74) is 19.8. The van der Waals surface area contributed by atoms with Crippen LogP contribution in [0.2, 0.25) is 0 Å². The van der Waals surface area contributed by atoms with Gasteiger partial charge in [0, 0.05) is 16.9 Å². The van der Waals surface area contributed by atoms with Crippen LogP contribution in [0.25, 0.3) is 66.4 Å². The lowest BCUT2D eigenvalue weighted by molar-refractivity contribution is 0.768. The Labute approximate surface area is 387 Å². The molecular formula is C65H45N. The van der Waals surface area contributed by atoms with E-state index >= 15 is 0 Å². The molecule has 0 aromatic heterocycles. The van der Waals surface area contributed by atoms with Gasteiger partial charge in [0.25, 0.3) is 0 Å². The van der Waals surface area contributed by atoms with Crippen molar-refractivity contribution >= 4 is 27.8 Å². The second kappa shape index (κ2) is 16.6. The molecule has 0 atom stereocenters. The minimum atomic E-state index is -0.617. The van der Waals surface area contributed by atoms with E-state index in [1.54, 1.807) is 0 Å². The molecule has 0 N–H and O–H groups in total. The molecule has 1 aliphatic carbocycles. The number of anilines is 3. The predicted molar refractivity (Wildman–Crippen MR) is 278 cm³/mol. The van der Waals surface area contributed by atoms with Crippen molar-refractivity contribution in [3.63, 3.8) is 0 Å². The number of para-hydroxylation sites is 1. The first-order chi connectivity index (χ1) is 32.7. The molecule has 310 valence electrons. The topological polar surface area (TPSA) is 3.24 Å². The summed E-state index contributed by atoms with van der Waals surface area (Å²) in [5.74, 6) is 0. The van der Waals surface area contributed by atoms with E-state index in [1.807, 2.05) is 0 Å². The summed E-state index contributed by atoms with van der Waals surface area (Å²) in [5, 5.41) is 2.51. The number of nitrogens with zero attached hydrogens (tertiary/aromatic N) is 1. The highest BCUT2D eigenvalue weighted by molar-refractivity contribution is 5.98. The third-order valence-corrected chi connectivity index (χ3v) is 13.6. The van der Waals surface area contributed by atoms with Crippen molar-refractivity contribution in [3.05, 3.63) is 295 Å². The van der Waals surface area contributed by atoms with Crippen molar-refractivity contribution in [3.8, 4) is 55.6 Å². The van der Waals surface area contributed by atoms with Gasteiger partial charge in [-0.3, -0.25) is 0 Å². The third-order valence-electron chi connectivity index (χ3n) is 13.6. The normalized spacial score (nSPS) is 12.4. The van der Waals surface area contributed by atoms with Gasteiger partial charge in [-0.2, -0.15) is 0 Å². The van der Waals surface area contributed by atoms with Gasteiger partial charge in [-0.05, 0) is 126 Å². The average Bonchev–Trinajstić information content (AvgIpc) is 3.69. The van der Waals surface area contributed by atoms with Crippen molar-refractivity contribution in [2.75, 3.05) is 4.90 Å². The maximum absolute atomic E-state index is 2.48.